The number of benzene rings is 2. The number of nitrogens with zero attached hydrogens (tertiary/aromatic N) is 2. The van der Waals surface area contributed by atoms with Gasteiger partial charge in [-0.05, 0) is 35.2 Å². The molecule has 6 nitrogen and oxygen atoms in total. The van der Waals surface area contributed by atoms with Crippen LogP contribution >= 0.6 is 0 Å². The number of hydrogen-bond acceptors (Lipinski definition) is 4. The summed E-state index contributed by atoms with van der Waals surface area (Å²) in [4.78, 5) is 25.5. The summed E-state index contributed by atoms with van der Waals surface area (Å²) in [5.41, 5.74) is 2.03. The van der Waals surface area contributed by atoms with Crippen molar-refractivity contribution in [1.29, 1.82) is 0 Å². The summed E-state index contributed by atoms with van der Waals surface area (Å²) in [6.45, 7) is 4.79. The van der Waals surface area contributed by atoms with Crippen LogP contribution in [0, 0.1) is 10.1 Å². The average molecular weight is 378 g/mol. The molecule has 1 heterocycles. The fraction of sp³-hybridized carbons (Fsp3) is 0.227. The van der Waals surface area contributed by atoms with Crippen molar-refractivity contribution in [1.82, 2.24) is 4.90 Å². The van der Waals surface area contributed by atoms with Crippen LogP contribution in [0.15, 0.2) is 71.3 Å². The normalized spacial score (nSPS) is 10.8. The molecule has 3 aromatic rings. The van der Waals surface area contributed by atoms with Gasteiger partial charge < -0.3 is 9.32 Å². The van der Waals surface area contributed by atoms with E-state index in [1.807, 2.05) is 24.3 Å². The van der Waals surface area contributed by atoms with Crippen molar-refractivity contribution in [2.45, 2.75) is 32.9 Å². The van der Waals surface area contributed by atoms with Gasteiger partial charge in [-0.3, -0.25) is 14.9 Å². The molecule has 0 N–H and O–H groups in total. The highest BCUT2D eigenvalue weighted by atomic mass is 16.6. The number of amides is 1. The zero-order chi connectivity index (χ0) is 20.1. The Hall–Kier alpha value is -3.41. The van der Waals surface area contributed by atoms with E-state index < -0.39 is 10.8 Å². The Bertz CT molecular complexity index is 947. The second-order valence-electron chi connectivity index (χ2n) is 6.91. The van der Waals surface area contributed by atoms with Crippen molar-refractivity contribution in [3.05, 3.63) is 99.5 Å². The zero-order valence-electron chi connectivity index (χ0n) is 15.9. The fourth-order valence-corrected chi connectivity index (χ4v) is 3.00. The lowest BCUT2D eigenvalue weighted by Crippen LogP contribution is -2.30. The smallest absolute Gasteiger partial charge is 0.282 e. The summed E-state index contributed by atoms with van der Waals surface area (Å²) in [7, 11) is 0. The molecule has 0 aliphatic carbocycles. The largest absolute Gasteiger partial charge is 0.467 e. The summed E-state index contributed by atoms with van der Waals surface area (Å²) in [5, 5.41) is 11.3. The van der Waals surface area contributed by atoms with Crippen LogP contribution in [-0.4, -0.2) is 15.7 Å². The number of carbonyl (C=O) groups excluding carboxylic acids is 1. The van der Waals surface area contributed by atoms with Crippen LogP contribution in [0.5, 0.6) is 0 Å². The Balaban J connectivity index is 1.90. The van der Waals surface area contributed by atoms with Crippen LogP contribution in [0.25, 0.3) is 0 Å². The first kappa shape index (κ1) is 19.4. The molecule has 0 saturated carbocycles. The number of rotatable bonds is 7. The van der Waals surface area contributed by atoms with Crippen LogP contribution in [-0.2, 0) is 13.1 Å². The van der Waals surface area contributed by atoms with Crippen LogP contribution in [0.2, 0.25) is 0 Å². The van der Waals surface area contributed by atoms with Gasteiger partial charge in [-0.1, -0.05) is 50.2 Å². The first-order chi connectivity index (χ1) is 13.5. The second kappa shape index (κ2) is 8.52. The molecule has 2 aromatic carbocycles. The minimum absolute atomic E-state index is 0.0675. The molecule has 0 unspecified atom stereocenters. The molecular formula is C22H22N2O4. The van der Waals surface area contributed by atoms with Gasteiger partial charge in [-0.2, -0.15) is 0 Å². The maximum Gasteiger partial charge on any atom is 0.282 e. The Morgan fingerprint density at radius 3 is 2.36 bits per heavy atom. The lowest BCUT2D eigenvalue weighted by atomic mass is 10.0. The van der Waals surface area contributed by atoms with Gasteiger partial charge in [-0.25, -0.2) is 0 Å². The van der Waals surface area contributed by atoms with Crippen LogP contribution in [0.1, 0.15) is 47.0 Å². The zero-order valence-corrected chi connectivity index (χ0v) is 15.9. The number of nitro groups is 1. The number of carbonyl (C=O) groups is 1. The first-order valence-electron chi connectivity index (χ1n) is 9.09. The molecule has 0 atom stereocenters. The topological polar surface area (TPSA) is 76.6 Å². The maximum atomic E-state index is 13.2. The van der Waals surface area contributed by atoms with Gasteiger partial charge >= 0.3 is 0 Å². The average Bonchev–Trinajstić information content (AvgIpc) is 3.20. The van der Waals surface area contributed by atoms with Gasteiger partial charge in [0.1, 0.15) is 11.3 Å². The van der Waals surface area contributed by atoms with Crippen molar-refractivity contribution in [2.75, 3.05) is 0 Å². The second-order valence-corrected chi connectivity index (χ2v) is 6.91. The van der Waals surface area contributed by atoms with E-state index in [4.69, 9.17) is 4.42 Å². The molecule has 6 heteroatoms. The molecule has 0 saturated heterocycles. The molecule has 1 aromatic heterocycles. The molecule has 1 amide bonds. The highest BCUT2D eigenvalue weighted by Crippen LogP contribution is 2.23. The minimum Gasteiger partial charge on any atom is -0.467 e. The van der Waals surface area contributed by atoms with E-state index in [9.17, 15) is 14.9 Å². The quantitative estimate of drug-likeness (QED) is 0.421. The third-order valence-corrected chi connectivity index (χ3v) is 4.56. The summed E-state index contributed by atoms with van der Waals surface area (Å²) >= 11 is 0. The van der Waals surface area contributed by atoms with Crippen molar-refractivity contribution in [3.63, 3.8) is 0 Å². The fourth-order valence-electron chi connectivity index (χ4n) is 3.00. The molecule has 0 radical (unpaired) electrons. The standard InChI is InChI=1S/C22H22N2O4/c1-16(2)18-11-9-17(10-12-18)14-23(15-19-6-5-13-28-19)22(25)20-7-3-4-8-21(20)24(26)27/h3-13,16H,14-15H2,1-2H3. The van der Waals surface area contributed by atoms with Crippen LogP contribution < -0.4 is 0 Å². The predicted octanol–water partition coefficient (Wildman–Crippen LogP) is 5.15. The lowest BCUT2D eigenvalue weighted by molar-refractivity contribution is -0.385. The minimum atomic E-state index is -0.532. The van der Waals surface area contributed by atoms with Crippen molar-refractivity contribution < 1.29 is 14.1 Å². The number of hydrogen-bond donors (Lipinski definition) is 0. The maximum absolute atomic E-state index is 13.2. The Morgan fingerprint density at radius 2 is 1.75 bits per heavy atom. The van der Waals surface area contributed by atoms with Gasteiger partial charge in [0.05, 0.1) is 17.7 Å². The SMILES string of the molecule is CC(C)c1ccc(CN(Cc2ccco2)C(=O)c2ccccc2[N+](=O)[O-])cc1. The van der Waals surface area contributed by atoms with E-state index >= 15 is 0 Å². The molecule has 0 bridgehead atoms. The van der Waals surface area contributed by atoms with Gasteiger partial charge in [-0.15, -0.1) is 0 Å². The Morgan fingerprint density at radius 1 is 1.04 bits per heavy atom. The molecule has 0 aliphatic heterocycles. The summed E-state index contributed by atoms with van der Waals surface area (Å²) in [6, 6.07) is 17.6. The summed E-state index contributed by atoms with van der Waals surface area (Å²) in [6.07, 6.45) is 1.54. The summed E-state index contributed by atoms with van der Waals surface area (Å²) in [5.74, 6) is 0.629. The van der Waals surface area contributed by atoms with E-state index in [-0.39, 0.29) is 17.8 Å². The highest BCUT2D eigenvalue weighted by molar-refractivity contribution is 5.98. The Labute approximate surface area is 163 Å². The highest BCUT2D eigenvalue weighted by Gasteiger charge is 2.25. The molecule has 3 rings (SSSR count). The predicted molar refractivity (Wildman–Crippen MR) is 106 cm³/mol. The van der Waals surface area contributed by atoms with E-state index in [1.54, 1.807) is 35.4 Å². The molecule has 0 spiro atoms. The molecular weight excluding hydrogens is 356 g/mol. The number of nitro benzene ring substituents is 1. The van der Waals surface area contributed by atoms with Crippen molar-refractivity contribution in [3.8, 4) is 0 Å². The first-order valence-corrected chi connectivity index (χ1v) is 9.09. The van der Waals surface area contributed by atoms with Gasteiger partial charge in [0.25, 0.3) is 11.6 Å². The molecule has 144 valence electrons. The third-order valence-electron chi connectivity index (χ3n) is 4.56. The van der Waals surface area contributed by atoms with E-state index in [2.05, 4.69) is 13.8 Å². The van der Waals surface area contributed by atoms with Crippen molar-refractivity contribution >= 4 is 11.6 Å². The number of para-hydroxylation sites is 1. The monoisotopic (exact) mass is 378 g/mol. The molecule has 0 fully saturated rings. The molecule has 28 heavy (non-hydrogen) atoms. The third kappa shape index (κ3) is 4.46. The van der Waals surface area contributed by atoms with Gasteiger partial charge in [0.15, 0.2) is 0 Å². The summed E-state index contributed by atoms with van der Waals surface area (Å²) < 4.78 is 5.39. The molecule has 0 aliphatic rings. The Kier molecular flexibility index (Phi) is 5.89. The lowest BCUT2D eigenvalue weighted by Gasteiger charge is -2.22. The van der Waals surface area contributed by atoms with Crippen LogP contribution in [0.3, 0.4) is 0 Å². The van der Waals surface area contributed by atoms with Crippen LogP contribution in [0.4, 0.5) is 5.69 Å². The van der Waals surface area contributed by atoms with Crippen molar-refractivity contribution in [2.24, 2.45) is 0 Å². The van der Waals surface area contributed by atoms with Gasteiger partial charge in [0.2, 0.25) is 0 Å². The van der Waals surface area contributed by atoms with Gasteiger partial charge in [0, 0.05) is 12.6 Å². The van der Waals surface area contributed by atoms with E-state index in [0.717, 1.165) is 5.56 Å². The van der Waals surface area contributed by atoms with E-state index in [0.29, 0.717) is 18.2 Å². The number of furan rings is 1. The van der Waals surface area contributed by atoms with E-state index in [1.165, 1.54) is 17.7 Å².